The van der Waals surface area contributed by atoms with Crippen LogP contribution in [0.2, 0.25) is 0 Å². The van der Waals surface area contributed by atoms with E-state index < -0.39 is 0 Å². The van der Waals surface area contributed by atoms with Crippen LogP contribution in [0.4, 0.5) is 0 Å². The average molecular weight is 367 g/mol. The minimum absolute atomic E-state index is 0.218. The fourth-order valence-electron chi connectivity index (χ4n) is 1.25. The zero-order valence-electron chi connectivity index (χ0n) is 8.02. The van der Waals surface area contributed by atoms with Gasteiger partial charge in [0.2, 0.25) is 0 Å². The van der Waals surface area contributed by atoms with Gasteiger partial charge >= 0.3 is 0 Å². The topological polar surface area (TPSA) is 17.1 Å². The predicted octanol–water partition coefficient (Wildman–Crippen LogP) is 3.82. The summed E-state index contributed by atoms with van der Waals surface area (Å²) in [6, 6.07) is 6.06. The van der Waals surface area contributed by atoms with Gasteiger partial charge in [0.25, 0.3) is 0 Å². The van der Waals surface area contributed by atoms with Gasteiger partial charge in [0.05, 0.1) is 0 Å². The molecule has 76 valence electrons. The molecule has 0 aromatic heterocycles. The normalized spacial score (nSPS) is 10.2. The summed E-state index contributed by atoms with van der Waals surface area (Å²) >= 11 is 5.53. The van der Waals surface area contributed by atoms with Crippen LogP contribution < -0.4 is 0 Å². The Kier molecular flexibility index (Phi) is 5.09. The summed E-state index contributed by atoms with van der Waals surface area (Å²) in [7, 11) is 0. The number of Topliss-reactive ketones (excluding diaryl/α,β-unsaturated/α-hetero) is 1. The van der Waals surface area contributed by atoms with Crippen molar-refractivity contribution in [2.75, 3.05) is 5.33 Å². The van der Waals surface area contributed by atoms with Crippen molar-refractivity contribution in [2.24, 2.45) is 0 Å². The molecule has 1 aromatic carbocycles. The third kappa shape index (κ3) is 3.35. The van der Waals surface area contributed by atoms with Crippen LogP contribution in [0.1, 0.15) is 29.3 Å². The molecule has 1 aromatic rings. The van der Waals surface area contributed by atoms with Crippen LogP contribution in [0.3, 0.4) is 0 Å². The highest BCUT2D eigenvalue weighted by molar-refractivity contribution is 14.1. The van der Waals surface area contributed by atoms with Crippen molar-refractivity contribution in [1.29, 1.82) is 0 Å². The number of aryl methyl sites for hydroxylation is 1. The molecule has 0 spiro atoms. The SMILES string of the molecule is CCc1cc(I)cc(C(=O)CCBr)c1. The smallest absolute Gasteiger partial charge is 0.163 e. The van der Waals surface area contributed by atoms with Crippen LogP contribution >= 0.6 is 38.5 Å². The average Bonchev–Trinajstić information content (AvgIpc) is 2.17. The number of carbonyl (C=O) groups is 1. The Balaban J connectivity index is 2.96. The number of hydrogen-bond acceptors (Lipinski definition) is 1. The summed E-state index contributed by atoms with van der Waals surface area (Å²) in [5.41, 5.74) is 2.07. The predicted molar refractivity (Wildman–Crippen MR) is 71.3 cm³/mol. The van der Waals surface area contributed by atoms with E-state index >= 15 is 0 Å². The standard InChI is InChI=1S/C11H12BrIO/c1-2-8-5-9(7-10(13)6-8)11(14)3-4-12/h5-7H,2-4H2,1H3. The molecule has 0 aliphatic heterocycles. The molecule has 14 heavy (non-hydrogen) atoms. The molecular formula is C11H12BrIO. The van der Waals surface area contributed by atoms with Crippen molar-refractivity contribution in [2.45, 2.75) is 19.8 Å². The number of alkyl halides is 1. The van der Waals surface area contributed by atoms with Crippen LogP contribution in [0.5, 0.6) is 0 Å². The van der Waals surface area contributed by atoms with Gasteiger partial charge < -0.3 is 0 Å². The Morgan fingerprint density at radius 1 is 1.43 bits per heavy atom. The molecule has 0 atom stereocenters. The summed E-state index contributed by atoms with van der Waals surface area (Å²) in [4.78, 5) is 11.6. The molecular weight excluding hydrogens is 355 g/mol. The number of benzene rings is 1. The summed E-state index contributed by atoms with van der Waals surface area (Å²) in [5.74, 6) is 0.218. The second kappa shape index (κ2) is 5.85. The van der Waals surface area contributed by atoms with Gasteiger partial charge in [0, 0.05) is 20.9 Å². The maximum atomic E-state index is 11.6. The van der Waals surface area contributed by atoms with Gasteiger partial charge in [0.15, 0.2) is 5.78 Å². The molecule has 1 rings (SSSR count). The molecule has 0 aliphatic rings. The monoisotopic (exact) mass is 366 g/mol. The first-order valence-electron chi connectivity index (χ1n) is 4.56. The first-order valence-corrected chi connectivity index (χ1v) is 6.76. The third-order valence-corrected chi connectivity index (χ3v) is 3.03. The number of halogens is 2. The number of rotatable bonds is 4. The molecule has 0 saturated heterocycles. The van der Waals surface area contributed by atoms with Crippen molar-refractivity contribution in [1.82, 2.24) is 0 Å². The van der Waals surface area contributed by atoms with Gasteiger partial charge in [-0.15, -0.1) is 0 Å². The van der Waals surface area contributed by atoms with Crippen molar-refractivity contribution >= 4 is 44.3 Å². The van der Waals surface area contributed by atoms with E-state index in [2.05, 4.69) is 51.5 Å². The molecule has 1 nitrogen and oxygen atoms in total. The van der Waals surface area contributed by atoms with Gasteiger partial charge in [-0.1, -0.05) is 22.9 Å². The van der Waals surface area contributed by atoms with Gasteiger partial charge in [-0.05, 0) is 52.8 Å². The van der Waals surface area contributed by atoms with Gasteiger partial charge in [-0.25, -0.2) is 0 Å². The largest absolute Gasteiger partial charge is 0.294 e. The lowest BCUT2D eigenvalue weighted by Crippen LogP contribution is -2.01. The first kappa shape index (κ1) is 12.2. The lowest BCUT2D eigenvalue weighted by Gasteiger charge is -2.03. The zero-order valence-corrected chi connectivity index (χ0v) is 11.8. The van der Waals surface area contributed by atoms with E-state index in [4.69, 9.17) is 0 Å². The number of carbonyl (C=O) groups excluding carboxylic acids is 1. The van der Waals surface area contributed by atoms with E-state index in [9.17, 15) is 4.79 Å². The minimum Gasteiger partial charge on any atom is -0.294 e. The summed E-state index contributed by atoms with van der Waals surface area (Å²) in [5, 5.41) is 0.735. The fourth-order valence-corrected chi connectivity index (χ4v) is 2.34. The maximum Gasteiger partial charge on any atom is 0.163 e. The Morgan fingerprint density at radius 3 is 2.71 bits per heavy atom. The van der Waals surface area contributed by atoms with Gasteiger partial charge in [-0.2, -0.15) is 0 Å². The molecule has 0 fully saturated rings. The second-order valence-corrected chi connectivity index (χ2v) is 5.10. The van der Waals surface area contributed by atoms with E-state index in [1.165, 1.54) is 5.56 Å². The van der Waals surface area contributed by atoms with Crippen LogP contribution in [-0.2, 0) is 6.42 Å². The van der Waals surface area contributed by atoms with E-state index in [1.807, 2.05) is 12.1 Å². The summed E-state index contributed by atoms with van der Waals surface area (Å²) in [6.07, 6.45) is 1.55. The second-order valence-electron chi connectivity index (χ2n) is 3.06. The number of ketones is 1. The van der Waals surface area contributed by atoms with Crippen molar-refractivity contribution in [3.63, 3.8) is 0 Å². The Morgan fingerprint density at radius 2 is 2.14 bits per heavy atom. The summed E-state index contributed by atoms with van der Waals surface area (Å²) in [6.45, 7) is 2.10. The quantitative estimate of drug-likeness (QED) is 0.449. The van der Waals surface area contributed by atoms with Crippen LogP contribution in [-0.4, -0.2) is 11.1 Å². The van der Waals surface area contributed by atoms with Crippen LogP contribution in [0, 0.1) is 3.57 Å². The first-order chi connectivity index (χ1) is 6.67. The maximum absolute atomic E-state index is 11.6. The third-order valence-electron chi connectivity index (χ3n) is 2.01. The lowest BCUT2D eigenvalue weighted by molar-refractivity contribution is 0.0989. The molecule has 0 N–H and O–H groups in total. The Labute approximate surface area is 107 Å². The fraction of sp³-hybridized carbons (Fsp3) is 0.364. The summed E-state index contributed by atoms with van der Waals surface area (Å²) < 4.78 is 1.14. The Bertz CT molecular complexity index is 336. The van der Waals surface area contributed by atoms with Crippen molar-refractivity contribution in [3.8, 4) is 0 Å². The number of hydrogen-bond donors (Lipinski definition) is 0. The molecule has 0 heterocycles. The molecule has 3 heteroatoms. The molecule has 0 radical (unpaired) electrons. The minimum atomic E-state index is 0.218. The van der Waals surface area contributed by atoms with Gasteiger partial charge in [-0.3, -0.25) is 4.79 Å². The molecule has 0 aliphatic carbocycles. The Hall–Kier alpha value is 0.1000. The highest BCUT2D eigenvalue weighted by Gasteiger charge is 2.06. The van der Waals surface area contributed by atoms with E-state index in [0.717, 1.165) is 20.9 Å². The zero-order chi connectivity index (χ0) is 10.6. The van der Waals surface area contributed by atoms with Crippen molar-refractivity contribution in [3.05, 3.63) is 32.9 Å². The van der Waals surface area contributed by atoms with Gasteiger partial charge in [0.1, 0.15) is 0 Å². The molecule has 0 amide bonds. The highest BCUT2D eigenvalue weighted by Crippen LogP contribution is 2.15. The molecule has 0 bridgehead atoms. The van der Waals surface area contributed by atoms with Crippen molar-refractivity contribution < 1.29 is 4.79 Å². The van der Waals surface area contributed by atoms with E-state index in [-0.39, 0.29) is 5.78 Å². The molecule has 0 unspecified atom stereocenters. The van der Waals surface area contributed by atoms with E-state index in [1.54, 1.807) is 0 Å². The molecule has 0 saturated carbocycles. The lowest BCUT2D eigenvalue weighted by atomic mass is 10.0. The van der Waals surface area contributed by atoms with Crippen LogP contribution in [0.15, 0.2) is 18.2 Å². The van der Waals surface area contributed by atoms with Crippen LogP contribution in [0.25, 0.3) is 0 Å². The highest BCUT2D eigenvalue weighted by atomic mass is 127. The van der Waals surface area contributed by atoms with E-state index in [0.29, 0.717) is 6.42 Å².